The number of fused-ring (bicyclic) bond motifs is 2. The molecule has 1 saturated heterocycles. The molecule has 4 heteroatoms. The number of carbonyl (C=O) groups excluding carboxylic acids is 1. The second-order valence-corrected chi connectivity index (χ2v) is 5.68. The van der Waals surface area contributed by atoms with E-state index < -0.39 is 5.60 Å². The monoisotopic (exact) mass is 212 g/mol. The molecular formula is C11H20N2O2. The van der Waals surface area contributed by atoms with Gasteiger partial charge in [-0.25, -0.2) is 4.79 Å². The number of nitrogens with two attached hydrogens (primary N) is 1. The number of likely N-dealkylation sites (tertiary alicyclic amines) is 1. The SMILES string of the molecule is CC(C)(C)OC(=O)N1C[C@H]2C[C@H]1C[C@@H]2N. The van der Waals surface area contributed by atoms with Crippen LogP contribution in [0.5, 0.6) is 0 Å². The van der Waals surface area contributed by atoms with Gasteiger partial charge in [0.15, 0.2) is 0 Å². The second kappa shape index (κ2) is 3.37. The van der Waals surface area contributed by atoms with E-state index in [1.165, 1.54) is 0 Å². The van der Waals surface area contributed by atoms with Gasteiger partial charge in [0.2, 0.25) is 0 Å². The van der Waals surface area contributed by atoms with Crippen molar-refractivity contribution in [3.63, 3.8) is 0 Å². The average Bonchev–Trinajstić information content (AvgIpc) is 2.58. The highest BCUT2D eigenvalue weighted by atomic mass is 16.6. The van der Waals surface area contributed by atoms with Gasteiger partial charge in [0.1, 0.15) is 5.60 Å². The number of amides is 1. The largest absolute Gasteiger partial charge is 0.444 e. The molecule has 15 heavy (non-hydrogen) atoms. The van der Waals surface area contributed by atoms with E-state index in [9.17, 15) is 4.79 Å². The van der Waals surface area contributed by atoms with Crippen molar-refractivity contribution in [3.8, 4) is 0 Å². The minimum atomic E-state index is -0.402. The van der Waals surface area contributed by atoms with Gasteiger partial charge in [0.05, 0.1) is 0 Å². The van der Waals surface area contributed by atoms with Crippen LogP contribution < -0.4 is 5.73 Å². The van der Waals surface area contributed by atoms with Crippen LogP contribution in [0.1, 0.15) is 33.6 Å². The molecule has 3 atom stereocenters. The van der Waals surface area contributed by atoms with Crippen LogP contribution in [0.2, 0.25) is 0 Å². The topological polar surface area (TPSA) is 55.6 Å². The molecule has 0 spiro atoms. The van der Waals surface area contributed by atoms with E-state index in [0.717, 1.165) is 19.4 Å². The Morgan fingerprint density at radius 2 is 2.07 bits per heavy atom. The van der Waals surface area contributed by atoms with E-state index in [0.29, 0.717) is 12.0 Å². The van der Waals surface area contributed by atoms with E-state index in [4.69, 9.17) is 10.5 Å². The lowest BCUT2D eigenvalue weighted by molar-refractivity contribution is 0.0183. The number of hydrogen-bond donors (Lipinski definition) is 1. The molecule has 86 valence electrons. The van der Waals surface area contributed by atoms with Gasteiger partial charge in [0, 0.05) is 18.6 Å². The molecule has 2 rings (SSSR count). The van der Waals surface area contributed by atoms with Crippen LogP contribution in [0, 0.1) is 5.92 Å². The first-order chi connectivity index (χ1) is 6.87. The molecule has 1 aliphatic heterocycles. The molecule has 2 fully saturated rings. The maximum Gasteiger partial charge on any atom is 0.410 e. The van der Waals surface area contributed by atoms with Gasteiger partial charge >= 0.3 is 6.09 Å². The van der Waals surface area contributed by atoms with Crippen LogP contribution in [0.4, 0.5) is 4.79 Å². The molecule has 0 radical (unpaired) electrons. The maximum atomic E-state index is 11.8. The molecule has 2 N–H and O–H groups in total. The number of nitrogens with zero attached hydrogens (tertiary/aromatic N) is 1. The molecule has 0 aromatic rings. The van der Waals surface area contributed by atoms with Gasteiger partial charge < -0.3 is 15.4 Å². The van der Waals surface area contributed by atoms with Crippen LogP contribution >= 0.6 is 0 Å². The summed E-state index contributed by atoms with van der Waals surface area (Å²) in [6.07, 6.45) is 1.81. The molecule has 0 unspecified atom stereocenters. The van der Waals surface area contributed by atoms with Gasteiger partial charge in [-0.15, -0.1) is 0 Å². The van der Waals surface area contributed by atoms with E-state index in [-0.39, 0.29) is 12.1 Å². The van der Waals surface area contributed by atoms with E-state index in [2.05, 4.69) is 0 Å². The fraction of sp³-hybridized carbons (Fsp3) is 0.909. The predicted molar refractivity (Wildman–Crippen MR) is 57.4 cm³/mol. The Balaban J connectivity index is 1.94. The smallest absolute Gasteiger partial charge is 0.410 e. The van der Waals surface area contributed by atoms with Crippen molar-refractivity contribution in [1.82, 2.24) is 4.90 Å². The Kier molecular flexibility index (Phi) is 2.41. The number of carbonyl (C=O) groups is 1. The first-order valence-corrected chi connectivity index (χ1v) is 5.62. The minimum absolute atomic E-state index is 0.179. The van der Waals surface area contributed by atoms with Crippen LogP contribution in [-0.4, -0.2) is 35.2 Å². The fourth-order valence-electron chi connectivity index (χ4n) is 2.54. The highest BCUT2D eigenvalue weighted by Gasteiger charge is 2.46. The Bertz CT molecular complexity index is 270. The summed E-state index contributed by atoms with van der Waals surface area (Å²) in [6.45, 7) is 6.46. The van der Waals surface area contributed by atoms with Crippen molar-refractivity contribution in [2.24, 2.45) is 11.7 Å². The summed E-state index contributed by atoms with van der Waals surface area (Å²) >= 11 is 0. The third kappa shape index (κ3) is 2.09. The Hall–Kier alpha value is -0.770. The zero-order valence-electron chi connectivity index (χ0n) is 9.69. The molecule has 2 aliphatic rings. The quantitative estimate of drug-likeness (QED) is 0.659. The average molecular weight is 212 g/mol. The van der Waals surface area contributed by atoms with Crippen molar-refractivity contribution in [1.29, 1.82) is 0 Å². The molecule has 1 saturated carbocycles. The normalized spacial score (nSPS) is 34.7. The lowest BCUT2D eigenvalue weighted by atomic mass is 10.0. The van der Waals surface area contributed by atoms with Gasteiger partial charge in [0.25, 0.3) is 0 Å². The molecule has 2 bridgehead atoms. The van der Waals surface area contributed by atoms with Crippen molar-refractivity contribution in [2.75, 3.05) is 6.54 Å². The first-order valence-electron chi connectivity index (χ1n) is 5.62. The molecule has 4 nitrogen and oxygen atoms in total. The summed E-state index contributed by atoms with van der Waals surface area (Å²) in [5.41, 5.74) is 5.53. The van der Waals surface area contributed by atoms with Crippen molar-refractivity contribution in [2.45, 2.75) is 51.3 Å². The summed E-state index contributed by atoms with van der Waals surface area (Å²) in [5, 5.41) is 0. The van der Waals surface area contributed by atoms with E-state index in [1.807, 2.05) is 25.7 Å². The Morgan fingerprint density at radius 1 is 1.40 bits per heavy atom. The van der Waals surface area contributed by atoms with Gasteiger partial charge in [-0.2, -0.15) is 0 Å². The van der Waals surface area contributed by atoms with Gasteiger partial charge in [-0.3, -0.25) is 0 Å². The molecular weight excluding hydrogens is 192 g/mol. The van der Waals surface area contributed by atoms with Crippen molar-refractivity contribution in [3.05, 3.63) is 0 Å². The first kappa shape index (κ1) is 10.7. The highest BCUT2D eigenvalue weighted by Crippen LogP contribution is 2.37. The summed E-state index contributed by atoms with van der Waals surface area (Å²) < 4.78 is 5.36. The van der Waals surface area contributed by atoms with Gasteiger partial charge in [-0.1, -0.05) is 0 Å². The molecule has 1 aliphatic carbocycles. The van der Waals surface area contributed by atoms with Gasteiger partial charge in [-0.05, 0) is 39.5 Å². The summed E-state index contributed by atoms with van der Waals surface area (Å²) in [7, 11) is 0. The van der Waals surface area contributed by atoms with Crippen LogP contribution in [0.15, 0.2) is 0 Å². The van der Waals surface area contributed by atoms with Crippen LogP contribution in [-0.2, 0) is 4.74 Å². The highest BCUT2D eigenvalue weighted by molar-refractivity contribution is 5.69. The third-order valence-corrected chi connectivity index (χ3v) is 3.22. The zero-order chi connectivity index (χ0) is 11.2. The van der Waals surface area contributed by atoms with Crippen molar-refractivity contribution >= 4 is 6.09 Å². The summed E-state index contributed by atoms with van der Waals surface area (Å²) in [6, 6.07) is 0.605. The number of rotatable bonds is 0. The standard InChI is InChI=1S/C11H20N2O2/c1-11(2,3)15-10(14)13-6-7-4-8(13)5-9(7)12/h7-9H,4-6,12H2,1-3H3/t7-,8+,9+/m1/s1. The van der Waals surface area contributed by atoms with Crippen LogP contribution in [0.25, 0.3) is 0 Å². The summed E-state index contributed by atoms with van der Waals surface area (Å²) in [4.78, 5) is 13.7. The number of hydrogen-bond acceptors (Lipinski definition) is 3. The lowest BCUT2D eigenvalue weighted by Crippen LogP contribution is -2.46. The number of ether oxygens (including phenoxy) is 1. The minimum Gasteiger partial charge on any atom is -0.444 e. The fourth-order valence-corrected chi connectivity index (χ4v) is 2.54. The Morgan fingerprint density at radius 3 is 2.47 bits per heavy atom. The maximum absolute atomic E-state index is 11.8. The predicted octanol–water partition coefficient (Wildman–Crippen LogP) is 1.34. The third-order valence-electron chi connectivity index (χ3n) is 3.22. The molecule has 1 amide bonds. The van der Waals surface area contributed by atoms with Crippen molar-refractivity contribution < 1.29 is 9.53 Å². The van der Waals surface area contributed by atoms with E-state index >= 15 is 0 Å². The Labute approximate surface area is 90.8 Å². The lowest BCUT2D eigenvalue weighted by Gasteiger charge is -2.31. The zero-order valence-corrected chi connectivity index (χ0v) is 9.69. The molecule has 0 aromatic carbocycles. The summed E-state index contributed by atoms with van der Waals surface area (Å²) in [5.74, 6) is 0.488. The van der Waals surface area contributed by atoms with E-state index in [1.54, 1.807) is 0 Å². The molecule has 1 heterocycles. The molecule has 0 aromatic heterocycles. The van der Waals surface area contributed by atoms with Crippen LogP contribution in [0.3, 0.4) is 0 Å². The number of piperidine rings is 1. The second-order valence-electron chi connectivity index (χ2n) is 5.68.